The fourth-order valence-electron chi connectivity index (χ4n) is 2.51. The van der Waals surface area contributed by atoms with E-state index in [1.807, 2.05) is 23.7 Å². The van der Waals surface area contributed by atoms with E-state index in [0.717, 1.165) is 32.2 Å². The summed E-state index contributed by atoms with van der Waals surface area (Å²) in [6.07, 6.45) is 1.89. The Morgan fingerprint density at radius 3 is 2.85 bits per heavy atom. The van der Waals surface area contributed by atoms with Crippen LogP contribution in [-0.4, -0.2) is 15.0 Å². The zero-order valence-corrected chi connectivity index (χ0v) is 11.2. The standard InChI is InChI=1S/C14H11N5S/c15-13-11-7-3-4-17-9(7)6-8(10-2-1-5-20-10)12(11)18-14(16)19-13/h1-6,17H,(H4,15,16,18,19). The van der Waals surface area contributed by atoms with E-state index in [4.69, 9.17) is 11.5 Å². The Morgan fingerprint density at radius 2 is 2.05 bits per heavy atom. The molecule has 5 nitrogen and oxygen atoms in total. The number of nitrogens with one attached hydrogen (secondary N) is 1. The minimum atomic E-state index is 0.197. The maximum atomic E-state index is 6.06. The molecule has 0 saturated carbocycles. The lowest BCUT2D eigenvalue weighted by Gasteiger charge is -2.08. The van der Waals surface area contributed by atoms with Gasteiger partial charge >= 0.3 is 0 Å². The van der Waals surface area contributed by atoms with Gasteiger partial charge in [0, 0.05) is 27.5 Å². The first-order valence-corrected chi connectivity index (χ1v) is 6.98. The van der Waals surface area contributed by atoms with Crippen molar-refractivity contribution < 1.29 is 0 Å². The summed E-state index contributed by atoms with van der Waals surface area (Å²) in [4.78, 5) is 12.8. The zero-order valence-electron chi connectivity index (χ0n) is 10.4. The Kier molecular flexibility index (Phi) is 2.22. The molecular weight excluding hydrogens is 270 g/mol. The van der Waals surface area contributed by atoms with Gasteiger partial charge in [0.05, 0.1) is 10.9 Å². The molecule has 6 heteroatoms. The number of aromatic amines is 1. The number of nitrogen functional groups attached to an aromatic ring is 2. The van der Waals surface area contributed by atoms with E-state index in [1.165, 1.54) is 0 Å². The van der Waals surface area contributed by atoms with Crippen molar-refractivity contribution in [3.8, 4) is 10.4 Å². The van der Waals surface area contributed by atoms with Crippen LogP contribution < -0.4 is 11.5 Å². The zero-order chi connectivity index (χ0) is 13.7. The van der Waals surface area contributed by atoms with Crippen molar-refractivity contribution in [1.82, 2.24) is 15.0 Å². The van der Waals surface area contributed by atoms with Gasteiger partial charge in [-0.2, -0.15) is 4.98 Å². The fourth-order valence-corrected chi connectivity index (χ4v) is 3.25. The maximum Gasteiger partial charge on any atom is 0.222 e. The Morgan fingerprint density at radius 1 is 1.15 bits per heavy atom. The molecule has 0 amide bonds. The molecule has 0 radical (unpaired) electrons. The van der Waals surface area contributed by atoms with Gasteiger partial charge in [0.15, 0.2) is 0 Å². The monoisotopic (exact) mass is 281 g/mol. The molecular formula is C14H11N5S. The number of hydrogen-bond acceptors (Lipinski definition) is 5. The van der Waals surface area contributed by atoms with E-state index in [-0.39, 0.29) is 5.95 Å². The van der Waals surface area contributed by atoms with Gasteiger partial charge < -0.3 is 16.5 Å². The molecule has 0 bridgehead atoms. The lowest BCUT2D eigenvalue weighted by Crippen LogP contribution is -2.01. The summed E-state index contributed by atoms with van der Waals surface area (Å²) in [7, 11) is 0. The van der Waals surface area contributed by atoms with Gasteiger partial charge in [-0.3, -0.25) is 0 Å². The number of H-pyrrole nitrogens is 1. The van der Waals surface area contributed by atoms with Gasteiger partial charge in [-0.1, -0.05) is 6.07 Å². The number of hydrogen-bond donors (Lipinski definition) is 3. The summed E-state index contributed by atoms with van der Waals surface area (Å²) >= 11 is 1.66. The summed E-state index contributed by atoms with van der Waals surface area (Å²) in [6, 6.07) is 8.13. The van der Waals surface area contributed by atoms with E-state index in [0.29, 0.717) is 5.82 Å². The summed E-state index contributed by atoms with van der Waals surface area (Å²) in [5.74, 6) is 0.609. The van der Waals surface area contributed by atoms with Crippen LogP contribution in [0.5, 0.6) is 0 Å². The van der Waals surface area contributed by atoms with Crippen LogP contribution in [0.2, 0.25) is 0 Å². The third-order valence-electron chi connectivity index (χ3n) is 3.33. The smallest absolute Gasteiger partial charge is 0.222 e. The lowest BCUT2D eigenvalue weighted by molar-refractivity contribution is 1.25. The number of fused-ring (bicyclic) bond motifs is 3. The second-order valence-electron chi connectivity index (χ2n) is 4.53. The lowest BCUT2D eigenvalue weighted by atomic mass is 10.0. The van der Waals surface area contributed by atoms with Crippen molar-refractivity contribution in [2.45, 2.75) is 0 Å². The van der Waals surface area contributed by atoms with Crippen molar-refractivity contribution in [3.63, 3.8) is 0 Å². The predicted octanol–water partition coefficient (Wildman–Crippen LogP) is 3.00. The summed E-state index contributed by atoms with van der Waals surface area (Å²) in [6.45, 7) is 0. The van der Waals surface area contributed by atoms with Gasteiger partial charge in [-0.05, 0) is 23.6 Å². The average Bonchev–Trinajstić information content (AvgIpc) is 3.07. The van der Waals surface area contributed by atoms with Crippen LogP contribution in [0.4, 0.5) is 11.8 Å². The van der Waals surface area contributed by atoms with Gasteiger partial charge in [0.1, 0.15) is 5.82 Å². The molecule has 0 spiro atoms. The van der Waals surface area contributed by atoms with Crippen LogP contribution in [0, 0.1) is 0 Å². The van der Waals surface area contributed by atoms with Crippen LogP contribution >= 0.6 is 11.3 Å². The SMILES string of the molecule is Nc1nc(N)c2c(n1)c(-c1cccs1)cc1[nH]ccc12. The third-order valence-corrected chi connectivity index (χ3v) is 4.24. The molecule has 0 fully saturated rings. The van der Waals surface area contributed by atoms with Gasteiger partial charge in [-0.15, -0.1) is 11.3 Å². The Bertz CT molecular complexity index is 924. The number of thiophene rings is 1. The molecule has 0 aliphatic rings. The fraction of sp³-hybridized carbons (Fsp3) is 0. The average molecular weight is 281 g/mol. The first kappa shape index (κ1) is 11.2. The normalized spacial score (nSPS) is 11.4. The number of benzene rings is 1. The van der Waals surface area contributed by atoms with Gasteiger partial charge in [-0.25, -0.2) is 4.98 Å². The molecule has 0 unspecified atom stereocenters. The molecule has 20 heavy (non-hydrogen) atoms. The van der Waals surface area contributed by atoms with Crippen molar-refractivity contribution in [3.05, 3.63) is 35.8 Å². The van der Waals surface area contributed by atoms with Gasteiger partial charge in [0.2, 0.25) is 5.95 Å². The van der Waals surface area contributed by atoms with E-state index >= 15 is 0 Å². The van der Waals surface area contributed by atoms with E-state index in [1.54, 1.807) is 11.3 Å². The van der Waals surface area contributed by atoms with Crippen molar-refractivity contribution in [1.29, 1.82) is 0 Å². The molecule has 98 valence electrons. The van der Waals surface area contributed by atoms with Crippen molar-refractivity contribution in [2.24, 2.45) is 0 Å². The minimum absolute atomic E-state index is 0.197. The molecule has 1 aromatic carbocycles. The van der Waals surface area contributed by atoms with Gasteiger partial charge in [0.25, 0.3) is 0 Å². The quantitative estimate of drug-likeness (QED) is 0.500. The number of aromatic nitrogens is 3. The van der Waals surface area contributed by atoms with Crippen LogP contribution in [0.3, 0.4) is 0 Å². The maximum absolute atomic E-state index is 6.06. The van der Waals surface area contributed by atoms with Crippen LogP contribution in [-0.2, 0) is 0 Å². The first-order valence-electron chi connectivity index (χ1n) is 6.10. The molecule has 4 rings (SSSR count). The molecule has 0 aliphatic carbocycles. The highest BCUT2D eigenvalue weighted by Gasteiger charge is 2.15. The summed E-state index contributed by atoms with van der Waals surface area (Å²) in [5.41, 5.74) is 14.7. The van der Waals surface area contributed by atoms with Crippen LogP contribution in [0.15, 0.2) is 35.8 Å². The first-order chi connectivity index (χ1) is 9.74. The third kappa shape index (κ3) is 1.48. The number of anilines is 2. The van der Waals surface area contributed by atoms with Crippen molar-refractivity contribution >= 4 is 44.9 Å². The molecule has 3 aromatic heterocycles. The molecule has 3 heterocycles. The van der Waals surface area contributed by atoms with E-state index in [9.17, 15) is 0 Å². The molecule has 0 saturated heterocycles. The highest BCUT2D eigenvalue weighted by molar-refractivity contribution is 7.13. The van der Waals surface area contributed by atoms with E-state index in [2.05, 4.69) is 27.1 Å². The molecule has 5 N–H and O–H groups in total. The Labute approximate surface area is 118 Å². The predicted molar refractivity (Wildman–Crippen MR) is 83.5 cm³/mol. The number of nitrogens with two attached hydrogens (primary N) is 2. The second kappa shape index (κ2) is 3.94. The summed E-state index contributed by atoms with van der Waals surface area (Å²) in [5, 5.41) is 3.90. The summed E-state index contributed by atoms with van der Waals surface area (Å²) < 4.78 is 0. The van der Waals surface area contributed by atoms with Crippen molar-refractivity contribution in [2.75, 3.05) is 11.5 Å². The highest BCUT2D eigenvalue weighted by atomic mass is 32.1. The Balaban J connectivity index is 2.26. The molecule has 0 aliphatic heterocycles. The number of nitrogens with zero attached hydrogens (tertiary/aromatic N) is 2. The van der Waals surface area contributed by atoms with Crippen LogP contribution in [0.25, 0.3) is 32.2 Å². The minimum Gasteiger partial charge on any atom is -0.383 e. The highest BCUT2D eigenvalue weighted by Crippen LogP contribution is 2.37. The number of rotatable bonds is 1. The largest absolute Gasteiger partial charge is 0.383 e. The topological polar surface area (TPSA) is 93.6 Å². The second-order valence-corrected chi connectivity index (χ2v) is 5.48. The van der Waals surface area contributed by atoms with E-state index < -0.39 is 0 Å². The molecule has 0 atom stereocenters. The molecule has 4 aromatic rings. The Hall–Kier alpha value is -2.60. The van der Waals surface area contributed by atoms with Crippen LogP contribution in [0.1, 0.15) is 0 Å².